The molecule has 0 fully saturated rings. The summed E-state index contributed by atoms with van der Waals surface area (Å²) in [5.74, 6) is -0.552. The Balaban J connectivity index is 2.86. The first-order valence-electron chi connectivity index (χ1n) is 7.21. The highest BCUT2D eigenvalue weighted by Gasteiger charge is 2.19. The molecule has 1 amide bonds. The van der Waals surface area contributed by atoms with Gasteiger partial charge in [0.15, 0.2) is 5.16 Å². The third kappa shape index (κ3) is 7.13. The molecule has 0 saturated carbocycles. The van der Waals surface area contributed by atoms with Crippen molar-refractivity contribution in [3.8, 4) is 0 Å². The number of carboxylic acids is 1. The molecule has 0 radical (unpaired) electrons. The Hall–Kier alpha value is -2.10. The second-order valence-electron chi connectivity index (χ2n) is 5.00. The first-order chi connectivity index (χ1) is 10.8. The summed E-state index contributed by atoms with van der Waals surface area (Å²) >= 11 is 1.14. The van der Waals surface area contributed by atoms with Crippen molar-refractivity contribution >= 4 is 35.5 Å². The van der Waals surface area contributed by atoms with Crippen LogP contribution in [0.15, 0.2) is 5.16 Å². The number of rotatable bonds is 9. The van der Waals surface area contributed by atoms with Crippen molar-refractivity contribution < 1.29 is 14.7 Å². The third-order valence-electron chi connectivity index (χ3n) is 2.42. The Morgan fingerprint density at radius 2 is 1.87 bits per heavy atom. The SMILES string of the molecule is CCNc1nc(NC(C)C)nc(SC[C@H](NC(C)=O)C(=O)O)n1. The normalized spacial score (nSPS) is 11.9. The predicted octanol–water partition coefficient (Wildman–Crippen LogP) is 0.805. The van der Waals surface area contributed by atoms with E-state index in [1.54, 1.807) is 0 Å². The van der Waals surface area contributed by atoms with E-state index >= 15 is 0 Å². The van der Waals surface area contributed by atoms with Crippen LogP contribution >= 0.6 is 11.8 Å². The van der Waals surface area contributed by atoms with Crippen LogP contribution in [0.5, 0.6) is 0 Å². The number of carboxylic acid groups (broad SMARTS) is 1. The molecule has 0 aliphatic carbocycles. The molecule has 1 rings (SSSR count). The molecule has 1 heterocycles. The van der Waals surface area contributed by atoms with Gasteiger partial charge in [-0.1, -0.05) is 11.8 Å². The Bertz CT molecular complexity index is 555. The number of aliphatic carboxylic acids is 1. The molecule has 23 heavy (non-hydrogen) atoms. The molecule has 0 spiro atoms. The van der Waals surface area contributed by atoms with Crippen molar-refractivity contribution in [1.82, 2.24) is 20.3 Å². The number of nitrogens with one attached hydrogen (secondary N) is 3. The number of hydrogen-bond donors (Lipinski definition) is 4. The fraction of sp³-hybridized carbons (Fsp3) is 0.615. The van der Waals surface area contributed by atoms with Gasteiger partial charge in [-0.25, -0.2) is 4.79 Å². The molecule has 0 bridgehead atoms. The maximum atomic E-state index is 11.1. The van der Waals surface area contributed by atoms with E-state index in [9.17, 15) is 9.59 Å². The van der Waals surface area contributed by atoms with Gasteiger partial charge in [0.25, 0.3) is 0 Å². The Kier molecular flexibility index (Phi) is 7.52. The quantitative estimate of drug-likeness (QED) is 0.482. The predicted molar refractivity (Wildman–Crippen MR) is 88.7 cm³/mol. The molecular formula is C13H22N6O3S. The van der Waals surface area contributed by atoms with Gasteiger partial charge in [0.05, 0.1) is 0 Å². The van der Waals surface area contributed by atoms with E-state index < -0.39 is 17.9 Å². The topological polar surface area (TPSA) is 129 Å². The van der Waals surface area contributed by atoms with Crippen LogP contribution in [-0.2, 0) is 9.59 Å². The first-order valence-corrected chi connectivity index (χ1v) is 8.19. The highest BCUT2D eigenvalue weighted by Crippen LogP contribution is 2.18. The number of anilines is 2. The number of aromatic nitrogens is 3. The second kappa shape index (κ2) is 9.13. The number of amides is 1. The van der Waals surface area contributed by atoms with Gasteiger partial charge < -0.3 is 21.1 Å². The van der Waals surface area contributed by atoms with Gasteiger partial charge in [-0.15, -0.1) is 0 Å². The molecule has 0 aliphatic heterocycles. The number of hydrogen-bond acceptors (Lipinski definition) is 8. The fourth-order valence-corrected chi connectivity index (χ4v) is 2.40. The smallest absolute Gasteiger partial charge is 0.327 e. The summed E-state index contributed by atoms with van der Waals surface area (Å²) in [6.07, 6.45) is 0. The molecule has 1 aromatic heterocycles. The Labute approximate surface area is 139 Å². The molecule has 128 valence electrons. The zero-order valence-electron chi connectivity index (χ0n) is 13.6. The zero-order chi connectivity index (χ0) is 17.4. The second-order valence-corrected chi connectivity index (χ2v) is 5.98. The largest absolute Gasteiger partial charge is 0.480 e. The molecule has 0 saturated heterocycles. The van der Waals surface area contributed by atoms with E-state index in [4.69, 9.17) is 5.11 Å². The summed E-state index contributed by atoms with van der Waals surface area (Å²) in [6.45, 7) is 7.77. The summed E-state index contributed by atoms with van der Waals surface area (Å²) < 4.78 is 0. The molecule has 4 N–H and O–H groups in total. The Morgan fingerprint density at radius 3 is 2.39 bits per heavy atom. The van der Waals surface area contributed by atoms with Crippen LogP contribution in [0.2, 0.25) is 0 Å². The van der Waals surface area contributed by atoms with Crippen LogP contribution in [0.3, 0.4) is 0 Å². The van der Waals surface area contributed by atoms with Crippen molar-refractivity contribution in [2.75, 3.05) is 22.9 Å². The number of carbonyl (C=O) groups is 2. The van der Waals surface area contributed by atoms with Crippen molar-refractivity contribution in [1.29, 1.82) is 0 Å². The lowest BCUT2D eigenvalue weighted by atomic mass is 10.3. The van der Waals surface area contributed by atoms with Gasteiger partial charge in [0.2, 0.25) is 17.8 Å². The highest BCUT2D eigenvalue weighted by molar-refractivity contribution is 7.99. The van der Waals surface area contributed by atoms with Crippen molar-refractivity contribution in [2.24, 2.45) is 0 Å². The van der Waals surface area contributed by atoms with E-state index in [2.05, 4.69) is 30.9 Å². The van der Waals surface area contributed by atoms with Crippen LogP contribution in [0, 0.1) is 0 Å². The lowest BCUT2D eigenvalue weighted by Gasteiger charge is -2.14. The average Bonchev–Trinajstić information content (AvgIpc) is 2.42. The zero-order valence-corrected chi connectivity index (χ0v) is 14.4. The van der Waals surface area contributed by atoms with Gasteiger partial charge in [-0.2, -0.15) is 15.0 Å². The average molecular weight is 342 g/mol. The summed E-state index contributed by atoms with van der Waals surface area (Å²) in [7, 11) is 0. The lowest BCUT2D eigenvalue weighted by molar-refractivity contribution is -0.140. The molecule has 9 nitrogen and oxygen atoms in total. The molecule has 1 aromatic rings. The Morgan fingerprint density at radius 1 is 1.22 bits per heavy atom. The summed E-state index contributed by atoms with van der Waals surface area (Å²) in [5.41, 5.74) is 0. The standard InChI is InChI=1S/C13H22N6O3S/c1-5-14-11-17-12(15-7(2)3)19-13(18-11)23-6-9(10(21)22)16-8(4)20/h7,9H,5-6H2,1-4H3,(H,16,20)(H,21,22)(H2,14,15,17,18,19)/t9-/m0/s1. The minimum Gasteiger partial charge on any atom is -0.480 e. The van der Waals surface area contributed by atoms with Crippen molar-refractivity contribution in [3.05, 3.63) is 0 Å². The maximum Gasteiger partial charge on any atom is 0.327 e. The van der Waals surface area contributed by atoms with Crippen LogP contribution in [0.1, 0.15) is 27.7 Å². The van der Waals surface area contributed by atoms with Gasteiger partial charge in [0.1, 0.15) is 6.04 Å². The van der Waals surface area contributed by atoms with E-state index in [-0.39, 0.29) is 11.8 Å². The molecule has 0 aromatic carbocycles. The number of nitrogens with zero attached hydrogens (tertiary/aromatic N) is 3. The van der Waals surface area contributed by atoms with E-state index in [1.807, 2.05) is 20.8 Å². The molecule has 1 atom stereocenters. The van der Waals surface area contributed by atoms with E-state index in [0.29, 0.717) is 23.6 Å². The molecule has 0 unspecified atom stereocenters. The molecule has 10 heteroatoms. The fourth-order valence-electron chi connectivity index (χ4n) is 1.56. The maximum absolute atomic E-state index is 11.1. The highest BCUT2D eigenvalue weighted by atomic mass is 32.2. The van der Waals surface area contributed by atoms with Crippen LogP contribution in [-0.4, -0.2) is 56.3 Å². The molecular weight excluding hydrogens is 320 g/mol. The first kappa shape index (κ1) is 18.9. The van der Waals surface area contributed by atoms with Gasteiger partial charge in [-0.3, -0.25) is 4.79 Å². The summed E-state index contributed by atoms with van der Waals surface area (Å²) in [4.78, 5) is 34.9. The van der Waals surface area contributed by atoms with E-state index in [0.717, 1.165) is 11.8 Å². The van der Waals surface area contributed by atoms with Crippen molar-refractivity contribution in [3.63, 3.8) is 0 Å². The van der Waals surface area contributed by atoms with E-state index in [1.165, 1.54) is 6.92 Å². The minimum atomic E-state index is -1.10. The van der Waals surface area contributed by atoms with Crippen LogP contribution in [0.4, 0.5) is 11.9 Å². The van der Waals surface area contributed by atoms with Crippen LogP contribution in [0.25, 0.3) is 0 Å². The summed E-state index contributed by atoms with van der Waals surface area (Å²) in [5, 5.41) is 18.0. The van der Waals surface area contributed by atoms with Crippen LogP contribution < -0.4 is 16.0 Å². The monoisotopic (exact) mass is 342 g/mol. The number of carbonyl (C=O) groups excluding carboxylic acids is 1. The van der Waals surface area contributed by atoms with Gasteiger partial charge >= 0.3 is 5.97 Å². The van der Waals surface area contributed by atoms with Gasteiger partial charge in [-0.05, 0) is 20.8 Å². The summed E-state index contributed by atoms with van der Waals surface area (Å²) in [6, 6.07) is -0.853. The number of thioether (sulfide) groups is 1. The lowest BCUT2D eigenvalue weighted by Crippen LogP contribution is -2.41. The van der Waals surface area contributed by atoms with Crippen molar-refractivity contribution in [2.45, 2.75) is 44.9 Å². The van der Waals surface area contributed by atoms with Gasteiger partial charge in [0, 0.05) is 25.3 Å². The minimum absolute atomic E-state index is 0.117. The molecule has 0 aliphatic rings. The third-order valence-corrected chi connectivity index (χ3v) is 3.36.